The van der Waals surface area contributed by atoms with Crippen molar-refractivity contribution in [3.63, 3.8) is 0 Å². The van der Waals surface area contributed by atoms with Crippen LogP contribution in [0.15, 0.2) is 58.0 Å². The number of benzene rings is 2. The van der Waals surface area contributed by atoms with Gasteiger partial charge in [-0.25, -0.2) is 9.38 Å². The zero-order chi connectivity index (χ0) is 19.6. The number of amidine groups is 1. The topological polar surface area (TPSA) is 56.8 Å². The van der Waals surface area contributed by atoms with Gasteiger partial charge >= 0.3 is 0 Å². The van der Waals surface area contributed by atoms with Crippen molar-refractivity contribution in [3.05, 3.63) is 69.9 Å². The zero-order valence-corrected chi connectivity index (χ0v) is 17.7. The van der Waals surface area contributed by atoms with Gasteiger partial charge in [0.15, 0.2) is 5.17 Å². The van der Waals surface area contributed by atoms with E-state index in [1.165, 1.54) is 17.8 Å². The minimum atomic E-state index is -0.779. The highest BCUT2D eigenvalue weighted by Crippen LogP contribution is 2.47. The summed E-state index contributed by atoms with van der Waals surface area (Å²) in [5.74, 6) is 0.645. The van der Waals surface area contributed by atoms with Gasteiger partial charge in [0.25, 0.3) is 0 Å². The molecule has 2 heterocycles. The van der Waals surface area contributed by atoms with Gasteiger partial charge in [0.1, 0.15) is 11.4 Å². The maximum Gasteiger partial charge on any atom is 0.154 e. The van der Waals surface area contributed by atoms with Gasteiger partial charge in [-0.2, -0.15) is 0 Å². The van der Waals surface area contributed by atoms with Crippen molar-refractivity contribution in [1.29, 1.82) is 0 Å². The van der Waals surface area contributed by atoms with Crippen LogP contribution in [0.2, 0.25) is 0 Å². The molecule has 28 heavy (non-hydrogen) atoms. The molecule has 0 saturated carbocycles. The molecular formula is C21H22BrFN2O2S. The van der Waals surface area contributed by atoms with E-state index in [4.69, 9.17) is 20.2 Å². The van der Waals surface area contributed by atoms with Gasteiger partial charge in [0, 0.05) is 21.7 Å². The second-order valence-corrected chi connectivity index (χ2v) is 9.13. The van der Waals surface area contributed by atoms with E-state index in [0.29, 0.717) is 30.6 Å². The van der Waals surface area contributed by atoms with E-state index in [9.17, 15) is 4.39 Å². The summed E-state index contributed by atoms with van der Waals surface area (Å²) in [6.45, 7) is 1.36. The Hall–Kier alpha value is -1.41. The first-order valence-electron chi connectivity index (χ1n) is 9.24. The molecule has 2 aliphatic heterocycles. The summed E-state index contributed by atoms with van der Waals surface area (Å²) in [6.07, 6.45) is 0.719. The predicted molar refractivity (Wildman–Crippen MR) is 114 cm³/mol. The molecule has 2 aromatic carbocycles. The van der Waals surface area contributed by atoms with Crippen molar-refractivity contribution in [2.75, 3.05) is 19.0 Å². The summed E-state index contributed by atoms with van der Waals surface area (Å²) >= 11 is 4.97. The molecule has 7 heteroatoms. The Morgan fingerprint density at radius 3 is 2.93 bits per heavy atom. The van der Waals surface area contributed by atoms with Gasteiger partial charge in [-0.05, 0) is 30.2 Å². The Labute approximate surface area is 176 Å². The Bertz CT molecular complexity index is 867. The minimum absolute atomic E-state index is 0.0350. The Morgan fingerprint density at radius 2 is 2.11 bits per heavy atom. The van der Waals surface area contributed by atoms with Crippen LogP contribution in [0.4, 0.5) is 4.39 Å². The molecule has 1 saturated heterocycles. The first-order valence-corrected chi connectivity index (χ1v) is 11.0. The number of aliphatic imine (C=N–C) groups is 1. The van der Waals surface area contributed by atoms with Crippen LogP contribution in [0, 0.1) is 11.7 Å². The van der Waals surface area contributed by atoms with Crippen molar-refractivity contribution >= 4 is 32.9 Å². The molecule has 0 radical (unpaired) electrons. The number of fused-ring (bicyclic) bond motifs is 1. The van der Waals surface area contributed by atoms with E-state index in [2.05, 4.69) is 15.9 Å². The average Bonchev–Trinajstić information content (AvgIpc) is 2.70. The van der Waals surface area contributed by atoms with Crippen LogP contribution in [0.3, 0.4) is 0 Å². The van der Waals surface area contributed by atoms with Crippen molar-refractivity contribution in [2.24, 2.45) is 16.6 Å². The molecule has 3 atom stereocenters. The fourth-order valence-corrected chi connectivity index (χ4v) is 5.25. The van der Waals surface area contributed by atoms with Crippen molar-refractivity contribution in [2.45, 2.75) is 24.7 Å². The summed E-state index contributed by atoms with van der Waals surface area (Å²) in [5.41, 5.74) is 6.93. The lowest BCUT2D eigenvalue weighted by atomic mass is 9.75. The number of halogens is 2. The third kappa shape index (κ3) is 4.13. The third-order valence-corrected chi connectivity index (χ3v) is 6.76. The summed E-state index contributed by atoms with van der Waals surface area (Å²) in [5, 5.41) is 0.484. The molecule has 0 aromatic heterocycles. The van der Waals surface area contributed by atoms with E-state index < -0.39 is 5.54 Å². The average molecular weight is 465 g/mol. The number of hydrogen-bond donors (Lipinski definition) is 1. The first kappa shape index (κ1) is 19.9. The molecule has 0 bridgehead atoms. The van der Waals surface area contributed by atoms with E-state index in [1.54, 1.807) is 12.1 Å². The number of rotatable bonds is 5. The monoisotopic (exact) mass is 464 g/mol. The van der Waals surface area contributed by atoms with E-state index >= 15 is 0 Å². The van der Waals surface area contributed by atoms with Gasteiger partial charge in [-0.3, -0.25) is 0 Å². The molecule has 1 fully saturated rings. The molecule has 0 unspecified atom stereocenters. The molecule has 4 nitrogen and oxygen atoms in total. The molecule has 4 rings (SSSR count). The highest BCUT2D eigenvalue weighted by atomic mass is 79.9. The van der Waals surface area contributed by atoms with Crippen LogP contribution >= 0.6 is 27.7 Å². The first-order chi connectivity index (χ1) is 13.6. The second kappa shape index (κ2) is 8.53. The van der Waals surface area contributed by atoms with E-state index in [0.717, 1.165) is 22.2 Å². The quantitative estimate of drug-likeness (QED) is 0.708. The summed E-state index contributed by atoms with van der Waals surface area (Å²) in [4.78, 5) is 4.70. The Balaban J connectivity index is 1.49. The summed E-state index contributed by atoms with van der Waals surface area (Å²) < 4.78 is 27.5. The zero-order valence-electron chi connectivity index (χ0n) is 15.3. The van der Waals surface area contributed by atoms with Crippen LogP contribution in [0.1, 0.15) is 17.5 Å². The van der Waals surface area contributed by atoms with Crippen molar-refractivity contribution in [3.8, 4) is 0 Å². The molecule has 0 spiro atoms. The van der Waals surface area contributed by atoms with Gasteiger partial charge in [0.05, 0.1) is 25.9 Å². The predicted octanol–water partition coefficient (Wildman–Crippen LogP) is 4.47. The standard InChI is InChI=1S/C21H22BrFN2O2S/c22-16-6-7-19(23)18(9-16)21-13-27-17(8-15(21)12-28-20(24)25-21)11-26-10-14-4-2-1-3-5-14/h1-7,9,15,17H,8,10-13H2,(H2,24,25)/t15-,17+,21-/m0/s1. The maximum absolute atomic E-state index is 14.7. The summed E-state index contributed by atoms with van der Waals surface area (Å²) in [7, 11) is 0. The molecule has 148 valence electrons. The molecule has 2 aromatic rings. The van der Waals surface area contributed by atoms with Crippen LogP contribution in [-0.4, -0.2) is 30.2 Å². The Morgan fingerprint density at radius 1 is 1.29 bits per heavy atom. The Kier molecular flexibility index (Phi) is 6.06. The number of nitrogens with two attached hydrogens (primary N) is 1. The van der Waals surface area contributed by atoms with Crippen LogP contribution in [-0.2, 0) is 21.6 Å². The molecule has 2 N–H and O–H groups in total. The largest absolute Gasteiger partial charge is 0.379 e. The molecular weight excluding hydrogens is 443 g/mol. The van der Waals surface area contributed by atoms with Crippen LogP contribution < -0.4 is 5.73 Å². The van der Waals surface area contributed by atoms with Crippen LogP contribution in [0.25, 0.3) is 0 Å². The van der Waals surface area contributed by atoms with Gasteiger partial charge in [-0.1, -0.05) is 58.0 Å². The smallest absolute Gasteiger partial charge is 0.154 e. The molecule has 2 aliphatic rings. The highest BCUT2D eigenvalue weighted by Gasteiger charge is 2.49. The maximum atomic E-state index is 14.7. The fraction of sp³-hybridized carbons (Fsp3) is 0.381. The number of thioether (sulfide) groups is 1. The lowest BCUT2D eigenvalue weighted by molar-refractivity contribution is -0.0927. The normalized spacial score (nSPS) is 27.1. The number of ether oxygens (including phenoxy) is 2. The van der Waals surface area contributed by atoms with Gasteiger partial charge in [0.2, 0.25) is 0 Å². The lowest BCUT2D eigenvalue weighted by Gasteiger charge is -2.46. The van der Waals surface area contributed by atoms with Crippen molar-refractivity contribution in [1.82, 2.24) is 0 Å². The van der Waals surface area contributed by atoms with E-state index in [1.807, 2.05) is 30.3 Å². The summed E-state index contributed by atoms with van der Waals surface area (Å²) in [6, 6.07) is 15.0. The fourth-order valence-electron chi connectivity index (χ4n) is 3.87. The minimum Gasteiger partial charge on any atom is -0.379 e. The lowest BCUT2D eigenvalue weighted by Crippen LogP contribution is -2.51. The highest BCUT2D eigenvalue weighted by molar-refractivity contribution is 9.10. The second-order valence-electron chi connectivity index (χ2n) is 7.18. The van der Waals surface area contributed by atoms with Crippen molar-refractivity contribution < 1.29 is 13.9 Å². The molecule has 0 amide bonds. The van der Waals surface area contributed by atoms with Crippen LogP contribution in [0.5, 0.6) is 0 Å². The number of hydrogen-bond acceptors (Lipinski definition) is 5. The van der Waals surface area contributed by atoms with E-state index in [-0.39, 0.29) is 17.8 Å². The molecule has 0 aliphatic carbocycles. The van der Waals surface area contributed by atoms with Gasteiger partial charge < -0.3 is 15.2 Å². The third-order valence-electron chi connectivity index (χ3n) is 5.31. The SMILES string of the molecule is NC1=N[C@@]2(c3cc(Br)ccc3F)CO[C@@H](COCc3ccccc3)C[C@H]2CS1. The number of nitrogens with zero attached hydrogens (tertiary/aromatic N) is 1. The van der Waals surface area contributed by atoms with Gasteiger partial charge in [-0.15, -0.1) is 0 Å².